The molecule has 1 atom stereocenters. The smallest absolute Gasteiger partial charge is 0.163 e. The van der Waals surface area contributed by atoms with Gasteiger partial charge < -0.3 is 19.7 Å². The molecule has 1 aliphatic heterocycles. The van der Waals surface area contributed by atoms with Gasteiger partial charge in [0.1, 0.15) is 0 Å². The molecule has 1 aliphatic rings. The molecule has 0 bridgehead atoms. The molecule has 0 spiro atoms. The standard InChI is InChI=1S/C13H18NO3/c1-13(2)16-10-12(17-13)9-14(15)8-11-6-4-3-5-7-11/h3-7,12H,8-10H2,1-2H3/q-1. The first-order valence-corrected chi connectivity index (χ1v) is 5.83. The quantitative estimate of drug-likeness (QED) is 0.751. The van der Waals surface area contributed by atoms with Crippen molar-refractivity contribution in [2.24, 2.45) is 0 Å². The van der Waals surface area contributed by atoms with Gasteiger partial charge in [0.05, 0.1) is 12.7 Å². The predicted molar refractivity (Wildman–Crippen MR) is 65.1 cm³/mol. The lowest BCUT2D eigenvalue weighted by atomic mass is 10.2. The van der Waals surface area contributed by atoms with Gasteiger partial charge >= 0.3 is 0 Å². The van der Waals surface area contributed by atoms with Crippen LogP contribution in [0, 0.1) is 5.21 Å². The van der Waals surface area contributed by atoms with Gasteiger partial charge in [0.2, 0.25) is 0 Å². The van der Waals surface area contributed by atoms with Crippen LogP contribution < -0.4 is 0 Å². The van der Waals surface area contributed by atoms with Gasteiger partial charge in [-0.1, -0.05) is 30.3 Å². The van der Waals surface area contributed by atoms with E-state index in [1.807, 2.05) is 44.2 Å². The lowest BCUT2D eigenvalue weighted by Crippen LogP contribution is -2.30. The lowest BCUT2D eigenvalue weighted by Gasteiger charge is -2.30. The highest BCUT2D eigenvalue weighted by Crippen LogP contribution is 2.22. The van der Waals surface area contributed by atoms with Crippen molar-refractivity contribution in [1.29, 1.82) is 0 Å². The molecule has 1 heterocycles. The number of ether oxygens (including phenoxy) is 2. The van der Waals surface area contributed by atoms with E-state index >= 15 is 0 Å². The third-order valence-corrected chi connectivity index (χ3v) is 2.68. The maximum absolute atomic E-state index is 11.8. The Hall–Kier alpha value is -0.940. The Morgan fingerprint density at radius 2 is 2.06 bits per heavy atom. The highest BCUT2D eigenvalue weighted by molar-refractivity contribution is 5.14. The highest BCUT2D eigenvalue weighted by atomic mass is 16.7. The van der Waals surface area contributed by atoms with Crippen LogP contribution in [0.2, 0.25) is 0 Å². The Kier molecular flexibility index (Phi) is 3.79. The molecule has 4 nitrogen and oxygen atoms in total. The molecule has 1 unspecified atom stereocenters. The molecule has 4 heteroatoms. The normalized spacial score (nSPS) is 23.2. The molecule has 1 saturated heterocycles. The summed E-state index contributed by atoms with van der Waals surface area (Å²) in [6.45, 7) is 4.94. The fourth-order valence-electron chi connectivity index (χ4n) is 1.93. The summed E-state index contributed by atoms with van der Waals surface area (Å²) >= 11 is 0. The van der Waals surface area contributed by atoms with E-state index in [0.29, 0.717) is 19.7 Å². The zero-order valence-corrected chi connectivity index (χ0v) is 10.3. The van der Waals surface area contributed by atoms with Crippen LogP contribution in [0.5, 0.6) is 0 Å². The number of hydrogen-bond acceptors (Lipinski definition) is 4. The van der Waals surface area contributed by atoms with E-state index in [9.17, 15) is 5.21 Å². The van der Waals surface area contributed by atoms with Crippen LogP contribution in [0.15, 0.2) is 30.3 Å². The second-order valence-electron chi connectivity index (χ2n) is 4.76. The van der Waals surface area contributed by atoms with Crippen molar-refractivity contribution in [3.8, 4) is 0 Å². The Bertz CT molecular complexity index is 353. The molecule has 0 aromatic heterocycles. The average molecular weight is 236 g/mol. The van der Waals surface area contributed by atoms with Crippen molar-refractivity contribution in [2.45, 2.75) is 32.3 Å². The summed E-state index contributed by atoms with van der Waals surface area (Å²) in [5.74, 6) is -0.557. The van der Waals surface area contributed by atoms with E-state index in [4.69, 9.17) is 9.47 Å². The topological polar surface area (TPSA) is 44.8 Å². The van der Waals surface area contributed by atoms with Gasteiger partial charge in [0.15, 0.2) is 5.79 Å². The summed E-state index contributed by atoms with van der Waals surface area (Å²) in [6, 6.07) is 9.69. The van der Waals surface area contributed by atoms with Crippen LogP contribution in [-0.2, 0) is 16.0 Å². The summed E-state index contributed by atoms with van der Waals surface area (Å²) in [5.41, 5.74) is 1.01. The molecule has 94 valence electrons. The molecule has 0 aliphatic carbocycles. The van der Waals surface area contributed by atoms with Gasteiger partial charge in [-0.3, -0.25) is 0 Å². The summed E-state index contributed by atoms with van der Waals surface area (Å²) in [6.07, 6.45) is -0.133. The summed E-state index contributed by atoms with van der Waals surface area (Å²) in [7, 11) is 0. The average Bonchev–Trinajstić information content (AvgIpc) is 2.59. The minimum atomic E-state index is -0.557. The molecular formula is C13H18NO3-. The van der Waals surface area contributed by atoms with E-state index in [1.165, 1.54) is 0 Å². The van der Waals surface area contributed by atoms with Crippen LogP contribution in [0.3, 0.4) is 0 Å². The molecule has 0 radical (unpaired) electrons. The molecule has 0 N–H and O–H groups in total. The van der Waals surface area contributed by atoms with Crippen LogP contribution in [-0.4, -0.2) is 30.1 Å². The minimum absolute atomic E-state index is 0.133. The van der Waals surface area contributed by atoms with Gasteiger partial charge in [0, 0.05) is 13.1 Å². The molecule has 1 fully saturated rings. The molecular weight excluding hydrogens is 218 g/mol. The fraction of sp³-hybridized carbons (Fsp3) is 0.538. The summed E-state index contributed by atoms with van der Waals surface area (Å²) in [4.78, 5) is 0. The number of rotatable bonds is 4. The number of hydrogen-bond donors (Lipinski definition) is 0. The van der Waals surface area contributed by atoms with Crippen molar-refractivity contribution >= 4 is 0 Å². The zero-order chi connectivity index (χ0) is 12.3. The van der Waals surface area contributed by atoms with Crippen LogP contribution in [0.1, 0.15) is 19.4 Å². The van der Waals surface area contributed by atoms with Crippen LogP contribution >= 0.6 is 0 Å². The van der Waals surface area contributed by atoms with Crippen molar-refractivity contribution in [3.05, 3.63) is 41.1 Å². The Morgan fingerprint density at radius 1 is 1.35 bits per heavy atom. The molecule has 2 rings (SSSR count). The van der Waals surface area contributed by atoms with Crippen molar-refractivity contribution < 1.29 is 9.47 Å². The van der Waals surface area contributed by atoms with Gasteiger partial charge in [0.25, 0.3) is 0 Å². The lowest BCUT2D eigenvalue weighted by molar-refractivity contribution is -0.139. The Labute approximate surface area is 102 Å². The van der Waals surface area contributed by atoms with Crippen molar-refractivity contribution in [3.63, 3.8) is 0 Å². The van der Waals surface area contributed by atoms with E-state index in [2.05, 4.69) is 0 Å². The van der Waals surface area contributed by atoms with Gasteiger partial charge in [-0.15, -0.1) is 0 Å². The van der Waals surface area contributed by atoms with Crippen LogP contribution in [0.25, 0.3) is 0 Å². The maximum atomic E-state index is 11.8. The summed E-state index contributed by atoms with van der Waals surface area (Å²) in [5, 5.41) is 12.8. The Morgan fingerprint density at radius 3 is 2.65 bits per heavy atom. The third kappa shape index (κ3) is 3.78. The fourth-order valence-corrected chi connectivity index (χ4v) is 1.93. The first kappa shape index (κ1) is 12.5. The zero-order valence-electron chi connectivity index (χ0n) is 10.3. The van der Waals surface area contributed by atoms with Gasteiger partial charge in [-0.25, -0.2) is 0 Å². The van der Waals surface area contributed by atoms with Crippen molar-refractivity contribution in [1.82, 2.24) is 5.06 Å². The largest absolute Gasteiger partial charge is 0.785 e. The minimum Gasteiger partial charge on any atom is -0.785 e. The third-order valence-electron chi connectivity index (χ3n) is 2.68. The number of nitrogens with zero attached hydrogens (tertiary/aromatic N) is 1. The number of benzene rings is 1. The van der Waals surface area contributed by atoms with Gasteiger partial charge in [-0.05, 0) is 19.4 Å². The van der Waals surface area contributed by atoms with E-state index in [0.717, 1.165) is 10.6 Å². The monoisotopic (exact) mass is 236 g/mol. The number of hydroxylamine groups is 2. The first-order chi connectivity index (χ1) is 8.05. The van der Waals surface area contributed by atoms with E-state index in [-0.39, 0.29) is 6.10 Å². The van der Waals surface area contributed by atoms with Gasteiger partial charge in [-0.2, -0.15) is 0 Å². The Balaban J connectivity index is 1.80. The van der Waals surface area contributed by atoms with Crippen LogP contribution in [0.4, 0.5) is 0 Å². The molecule has 1 aromatic carbocycles. The van der Waals surface area contributed by atoms with Crippen molar-refractivity contribution in [2.75, 3.05) is 13.2 Å². The SMILES string of the molecule is CC1(C)OCC(CN([O-])Cc2ccccc2)O1. The molecule has 1 aromatic rings. The maximum Gasteiger partial charge on any atom is 0.163 e. The highest BCUT2D eigenvalue weighted by Gasteiger charge is 2.32. The predicted octanol–water partition coefficient (Wildman–Crippen LogP) is 2.14. The first-order valence-electron chi connectivity index (χ1n) is 5.83. The molecule has 0 saturated carbocycles. The molecule has 0 amide bonds. The second-order valence-corrected chi connectivity index (χ2v) is 4.76. The molecule has 17 heavy (non-hydrogen) atoms. The second kappa shape index (κ2) is 5.14. The van der Waals surface area contributed by atoms with E-state index < -0.39 is 5.79 Å². The van der Waals surface area contributed by atoms with E-state index in [1.54, 1.807) is 0 Å². The summed E-state index contributed by atoms with van der Waals surface area (Å²) < 4.78 is 11.0.